The molecule has 1 aromatic heterocycles. The fourth-order valence-electron chi connectivity index (χ4n) is 13.7. The van der Waals surface area contributed by atoms with Crippen molar-refractivity contribution in [2.75, 3.05) is 46.6 Å². The second kappa shape index (κ2) is 20.4. The summed E-state index contributed by atoms with van der Waals surface area (Å²) in [6.45, 7) is 8.07. The van der Waals surface area contributed by atoms with E-state index in [1.54, 1.807) is 12.3 Å². The summed E-state index contributed by atoms with van der Waals surface area (Å²) in [5.74, 6) is 1.32. The maximum atomic E-state index is 17.2. The van der Waals surface area contributed by atoms with Gasteiger partial charge in [-0.25, -0.2) is 9.18 Å². The number of hydrogen-bond donors (Lipinski definition) is 1. The minimum Gasteiger partial charge on any atom is -0.493 e. The highest BCUT2D eigenvalue weighted by Gasteiger charge is 2.56. The molecule has 1 saturated carbocycles. The average molecular weight is 1040 g/mol. The SMILES string of the molecule is CCN(CC)[C@@H](C(=O)N1[C@@H]2C[C@@H]2C[C@H]1C1=NC=C(c2ccc3c(c2)cc2n3C(c3ccc4c(c3)OCCC4)Oc3cc(C4=CN=C([C@@H]5CCCN5C(=O)[C@@H](NC(=O)OC)C5CCOCC5)C4)cc(F)c3-2)C1)c1ccccc1. The first kappa shape index (κ1) is 49.5. The van der Waals surface area contributed by atoms with Crippen molar-refractivity contribution >= 4 is 51.4 Å². The third kappa shape index (κ3) is 8.92. The van der Waals surface area contributed by atoms with E-state index >= 15 is 4.39 Å². The van der Waals surface area contributed by atoms with Crippen molar-refractivity contribution in [3.8, 4) is 22.8 Å². The van der Waals surface area contributed by atoms with Crippen molar-refractivity contribution in [2.24, 2.45) is 21.8 Å². The number of alkyl carbamates (subject to hydrolysis) is 1. The minimum atomic E-state index is -0.736. The summed E-state index contributed by atoms with van der Waals surface area (Å²) >= 11 is 0. The highest BCUT2D eigenvalue weighted by atomic mass is 19.1. The van der Waals surface area contributed by atoms with E-state index in [4.69, 9.17) is 28.9 Å². The number of hydrogen-bond acceptors (Lipinski definition) is 10. The Morgan fingerprint density at radius 1 is 0.818 bits per heavy atom. The molecule has 15 heteroatoms. The molecule has 14 nitrogen and oxygen atoms in total. The standard InChI is InChI=1S/C62H66FN7O7/c1-4-67(5-2)58(38-11-7-6-8-12-38)60(72)69-51-29-43(51)30-52(69)48-27-44(34-65-48)39-17-18-49-42(25-39)31-53-56-46(63)26-41(33-55(56)77-61(70(49)53)40-16-15-36-13-10-22-76-54(36)32-40)45-28-47(64-35-45)50-14-9-21-68(50)59(71)57(66-62(73)74-3)37-19-23-75-24-20-37/h6-8,11-12,15-18,25-26,31-35,37,43,50-52,57-58,61H,4-5,9-10,13-14,19-24,27-30H2,1-3H3,(H,66,73)/t43-,50+,51-,52+,57+,58-,61?/m1/s1. The Labute approximate surface area is 448 Å². The fourth-order valence-corrected chi connectivity index (χ4v) is 13.7. The third-order valence-electron chi connectivity index (χ3n) is 17.8. The van der Waals surface area contributed by atoms with Crippen LogP contribution in [0.2, 0.25) is 0 Å². The number of methoxy groups -OCH3 is 1. The number of carbonyl (C=O) groups is 3. The molecular weight excluding hydrogens is 974 g/mol. The van der Waals surface area contributed by atoms with Crippen LogP contribution in [0, 0.1) is 17.7 Å². The lowest BCUT2D eigenvalue weighted by Crippen LogP contribution is -2.55. The number of allylic oxidation sites excluding steroid dienone is 2. The third-order valence-corrected chi connectivity index (χ3v) is 17.8. The molecule has 8 heterocycles. The summed E-state index contributed by atoms with van der Waals surface area (Å²) in [6, 6.07) is 27.4. The van der Waals surface area contributed by atoms with E-state index < -0.39 is 24.2 Å². The second-order valence-corrected chi connectivity index (χ2v) is 22.0. The van der Waals surface area contributed by atoms with Crippen molar-refractivity contribution in [1.82, 2.24) is 24.6 Å². The van der Waals surface area contributed by atoms with Gasteiger partial charge < -0.3 is 38.6 Å². The molecule has 7 aliphatic heterocycles. The van der Waals surface area contributed by atoms with E-state index in [1.807, 2.05) is 35.4 Å². The first-order valence-electron chi connectivity index (χ1n) is 27.9. The molecule has 398 valence electrons. The highest BCUT2D eigenvalue weighted by molar-refractivity contribution is 6.06. The smallest absolute Gasteiger partial charge is 0.407 e. The first-order valence-corrected chi connectivity index (χ1v) is 27.9. The van der Waals surface area contributed by atoms with E-state index in [0.717, 1.165) is 113 Å². The van der Waals surface area contributed by atoms with Crippen LogP contribution < -0.4 is 14.8 Å². The number of ether oxygens (including phenoxy) is 4. The number of amides is 3. The summed E-state index contributed by atoms with van der Waals surface area (Å²) in [4.78, 5) is 58.0. The summed E-state index contributed by atoms with van der Waals surface area (Å²) in [7, 11) is 1.31. The Bertz CT molecular complexity index is 3300. The largest absolute Gasteiger partial charge is 0.493 e. The number of nitrogens with one attached hydrogen (secondary N) is 1. The molecule has 0 spiro atoms. The number of aliphatic imine (C=N–C) groups is 2. The Hall–Kier alpha value is -7.10. The summed E-state index contributed by atoms with van der Waals surface area (Å²) < 4.78 is 43.1. The number of benzene rings is 4. The Balaban J connectivity index is 0.779. The number of piperidine rings is 1. The van der Waals surface area contributed by atoms with Gasteiger partial charge in [-0.2, -0.15) is 0 Å². The number of rotatable bonds is 13. The van der Waals surface area contributed by atoms with Crippen molar-refractivity contribution in [1.29, 1.82) is 0 Å². The zero-order chi connectivity index (χ0) is 52.5. The Morgan fingerprint density at radius 3 is 2.38 bits per heavy atom. The van der Waals surface area contributed by atoms with E-state index in [2.05, 4.69) is 88.1 Å². The number of likely N-dealkylation sites (N-methyl/N-ethyl adjacent to an activating group) is 1. The number of fused-ring (bicyclic) bond motifs is 7. The lowest BCUT2D eigenvalue weighted by molar-refractivity contribution is -0.138. The monoisotopic (exact) mass is 1040 g/mol. The molecule has 1 N–H and O–H groups in total. The van der Waals surface area contributed by atoms with Gasteiger partial charge in [0.2, 0.25) is 18.0 Å². The van der Waals surface area contributed by atoms with E-state index in [1.165, 1.54) is 7.11 Å². The number of aryl methyl sites for hydroxylation is 1. The van der Waals surface area contributed by atoms with Crippen LogP contribution in [-0.2, 0) is 25.5 Å². The molecule has 1 unspecified atom stereocenters. The first-order chi connectivity index (χ1) is 37.7. The van der Waals surface area contributed by atoms with Gasteiger partial charge in [-0.3, -0.25) is 24.5 Å². The van der Waals surface area contributed by atoms with Gasteiger partial charge >= 0.3 is 6.09 Å². The number of nitrogens with zero attached hydrogens (tertiary/aromatic N) is 6. The predicted molar refractivity (Wildman–Crippen MR) is 293 cm³/mol. The van der Waals surface area contributed by atoms with Gasteiger partial charge in [0, 0.05) is 73.4 Å². The van der Waals surface area contributed by atoms with Gasteiger partial charge in [0.15, 0.2) is 0 Å². The quantitative estimate of drug-likeness (QED) is 0.123. The highest BCUT2D eigenvalue weighted by Crippen LogP contribution is 2.52. The molecule has 3 amide bonds. The zero-order valence-electron chi connectivity index (χ0n) is 44.1. The van der Waals surface area contributed by atoms with Gasteiger partial charge in [-0.15, -0.1) is 0 Å². The number of aromatic nitrogens is 1. The molecule has 0 radical (unpaired) electrons. The molecule has 77 heavy (non-hydrogen) atoms. The molecule has 5 aromatic rings. The summed E-state index contributed by atoms with van der Waals surface area (Å²) in [5, 5.41) is 3.79. The van der Waals surface area contributed by atoms with Crippen LogP contribution in [0.4, 0.5) is 9.18 Å². The molecule has 13 rings (SSSR count). The van der Waals surface area contributed by atoms with Crippen LogP contribution >= 0.6 is 0 Å². The van der Waals surface area contributed by atoms with Crippen molar-refractivity contribution < 1.29 is 37.7 Å². The summed E-state index contributed by atoms with van der Waals surface area (Å²) in [6.07, 6.45) is 10.3. The topological polar surface area (TPSA) is 140 Å². The molecule has 4 fully saturated rings. The van der Waals surface area contributed by atoms with Crippen LogP contribution in [0.15, 0.2) is 107 Å². The second-order valence-electron chi connectivity index (χ2n) is 22.0. The maximum absolute atomic E-state index is 17.2. The van der Waals surface area contributed by atoms with Crippen molar-refractivity contribution in [3.05, 3.63) is 131 Å². The van der Waals surface area contributed by atoms with E-state index in [9.17, 15) is 14.4 Å². The molecule has 8 aliphatic rings. The Morgan fingerprint density at radius 2 is 1.60 bits per heavy atom. The van der Waals surface area contributed by atoms with Crippen LogP contribution in [-0.4, -0.2) is 119 Å². The van der Waals surface area contributed by atoms with Crippen LogP contribution in [0.3, 0.4) is 0 Å². The molecule has 1 aliphatic carbocycles. The minimum absolute atomic E-state index is 0.0493. The van der Waals surface area contributed by atoms with Gasteiger partial charge in [-0.1, -0.05) is 62.4 Å². The fraction of sp³-hybridized carbons (Fsp3) is 0.435. The molecular formula is C62H66FN7O7. The van der Waals surface area contributed by atoms with Gasteiger partial charge in [0.1, 0.15) is 29.4 Å². The lowest BCUT2D eigenvalue weighted by Gasteiger charge is -2.36. The van der Waals surface area contributed by atoms with Crippen LogP contribution in [0.1, 0.15) is 112 Å². The van der Waals surface area contributed by atoms with Crippen LogP contribution in [0.25, 0.3) is 33.3 Å². The van der Waals surface area contributed by atoms with Gasteiger partial charge in [-0.05, 0) is 146 Å². The molecule has 0 bridgehead atoms. The van der Waals surface area contributed by atoms with Crippen molar-refractivity contribution in [3.63, 3.8) is 0 Å². The number of likely N-dealkylation sites (tertiary alicyclic amines) is 2. The average Bonchev–Trinajstić information content (AvgIpc) is 4.23. The Kier molecular flexibility index (Phi) is 13.1. The van der Waals surface area contributed by atoms with Crippen molar-refractivity contribution in [2.45, 2.75) is 114 Å². The van der Waals surface area contributed by atoms with E-state index in [0.29, 0.717) is 80.5 Å². The lowest BCUT2D eigenvalue weighted by atomic mass is 9.90. The molecule has 4 aromatic carbocycles. The van der Waals surface area contributed by atoms with Crippen LogP contribution in [0.5, 0.6) is 11.5 Å². The maximum Gasteiger partial charge on any atom is 0.407 e. The van der Waals surface area contributed by atoms with Gasteiger partial charge in [0.05, 0.1) is 42.6 Å². The van der Waals surface area contributed by atoms with E-state index in [-0.39, 0.29) is 41.9 Å². The van der Waals surface area contributed by atoms with Gasteiger partial charge in [0.25, 0.3) is 0 Å². The number of carbonyl (C=O) groups excluding carboxylic acids is 3. The zero-order valence-corrected chi connectivity index (χ0v) is 44.1. The molecule has 3 saturated heterocycles. The molecule has 7 atom stereocenters. The predicted octanol–water partition coefficient (Wildman–Crippen LogP) is 10.3. The number of halogens is 1. The normalized spacial score (nSPS) is 24.1. The summed E-state index contributed by atoms with van der Waals surface area (Å²) in [5.41, 5.74) is 10.6.